The van der Waals surface area contributed by atoms with E-state index in [1.54, 1.807) is 30.3 Å². The fourth-order valence-corrected chi connectivity index (χ4v) is 2.65. The van der Waals surface area contributed by atoms with Crippen LogP contribution in [0.4, 0.5) is 11.4 Å². The number of anilines is 2. The van der Waals surface area contributed by atoms with Gasteiger partial charge in [0.25, 0.3) is 5.91 Å². The Morgan fingerprint density at radius 1 is 1.20 bits per heavy atom. The van der Waals surface area contributed by atoms with Gasteiger partial charge < -0.3 is 10.6 Å². The summed E-state index contributed by atoms with van der Waals surface area (Å²) in [5.41, 5.74) is 3.07. The number of benzene rings is 2. The topological polar surface area (TPSA) is 88.7 Å². The third-order valence-corrected chi connectivity index (χ3v) is 3.75. The number of hydrogen-bond acceptors (Lipinski definition) is 4. The quantitative estimate of drug-likeness (QED) is 0.636. The number of carbonyl (C=O) groups excluding carboxylic acids is 1. The summed E-state index contributed by atoms with van der Waals surface area (Å²) in [5, 5.41) is 24.3. The molecule has 2 aromatic carbocycles. The molecule has 1 amide bonds. The van der Waals surface area contributed by atoms with Gasteiger partial charge in [0.05, 0.1) is 22.0 Å². The minimum atomic E-state index is -0.612. The van der Waals surface area contributed by atoms with E-state index in [-0.39, 0.29) is 5.57 Å². The van der Waals surface area contributed by atoms with Gasteiger partial charge in [-0.3, -0.25) is 4.79 Å². The Balaban J connectivity index is 2.22. The molecule has 2 rings (SSSR count). The van der Waals surface area contributed by atoms with Crippen molar-refractivity contribution in [3.63, 3.8) is 0 Å². The van der Waals surface area contributed by atoms with Gasteiger partial charge in [0.15, 0.2) is 0 Å². The minimum Gasteiger partial charge on any atom is -0.359 e. The zero-order chi connectivity index (χ0) is 18.4. The predicted molar refractivity (Wildman–Crippen MR) is 98.0 cm³/mol. The van der Waals surface area contributed by atoms with Crippen molar-refractivity contribution in [2.75, 3.05) is 10.6 Å². The second kappa shape index (κ2) is 8.01. The summed E-state index contributed by atoms with van der Waals surface area (Å²) >= 11 is 6.20. The third-order valence-electron chi connectivity index (χ3n) is 3.45. The van der Waals surface area contributed by atoms with Crippen LogP contribution < -0.4 is 10.6 Å². The zero-order valence-electron chi connectivity index (χ0n) is 13.7. The van der Waals surface area contributed by atoms with Gasteiger partial charge >= 0.3 is 0 Å². The van der Waals surface area contributed by atoms with Crippen molar-refractivity contribution >= 4 is 28.9 Å². The Labute approximate surface area is 151 Å². The molecular formula is C19H15ClN4O. The highest BCUT2D eigenvalue weighted by Crippen LogP contribution is 2.27. The molecule has 0 saturated heterocycles. The number of para-hydroxylation sites is 1. The van der Waals surface area contributed by atoms with Gasteiger partial charge in [0.1, 0.15) is 17.7 Å². The predicted octanol–water partition coefficient (Wildman–Crippen LogP) is 4.29. The highest BCUT2D eigenvalue weighted by molar-refractivity contribution is 6.33. The Bertz CT molecular complexity index is 912. The van der Waals surface area contributed by atoms with Gasteiger partial charge in [-0.2, -0.15) is 10.5 Å². The van der Waals surface area contributed by atoms with E-state index in [9.17, 15) is 10.1 Å². The summed E-state index contributed by atoms with van der Waals surface area (Å²) in [7, 11) is 0. The molecule has 2 N–H and O–H groups in total. The molecule has 2 aromatic rings. The maximum Gasteiger partial charge on any atom is 0.267 e. The van der Waals surface area contributed by atoms with Crippen LogP contribution in [0, 0.1) is 36.5 Å². The van der Waals surface area contributed by atoms with Crippen LogP contribution in [0.25, 0.3) is 0 Å². The van der Waals surface area contributed by atoms with Gasteiger partial charge in [-0.05, 0) is 43.2 Å². The maximum atomic E-state index is 12.3. The molecule has 0 unspecified atom stereocenters. The van der Waals surface area contributed by atoms with E-state index < -0.39 is 5.91 Å². The molecule has 0 aromatic heterocycles. The number of halogens is 1. The molecule has 0 aliphatic carbocycles. The van der Waals surface area contributed by atoms with Crippen LogP contribution in [0.15, 0.2) is 48.2 Å². The van der Waals surface area contributed by atoms with Crippen LogP contribution >= 0.6 is 11.6 Å². The number of nitrogens with zero attached hydrogens (tertiary/aromatic N) is 2. The van der Waals surface area contributed by atoms with Crippen LogP contribution in [0.5, 0.6) is 0 Å². The molecule has 0 aliphatic heterocycles. The van der Waals surface area contributed by atoms with E-state index in [4.69, 9.17) is 16.9 Å². The summed E-state index contributed by atoms with van der Waals surface area (Å²) in [6.07, 6.45) is 1.30. The van der Waals surface area contributed by atoms with Crippen molar-refractivity contribution in [3.8, 4) is 12.1 Å². The molecular weight excluding hydrogens is 336 g/mol. The Hall–Kier alpha value is -3.28. The Morgan fingerprint density at radius 3 is 2.56 bits per heavy atom. The molecule has 25 heavy (non-hydrogen) atoms. The summed E-state index contributed by atoms with van der Waals surface area (Å²) in [5.74, 6) is -0.612. The first-order valence-corrected chi connectivity index (χ1v) is 7.78. The average Bonchev–Trinajstić information content (AvgIpc) is 2.57. The molecule has 6 heteroatoms. The van der Waals surface area contributed by atoms with Crippen molar-refractivity contribution < 1.29 is 4.79 Å². The fraction of sp³-hybridized carbons (Fsp3) is 0.105. The van der Waals surface area contributed by atoms with Crippen LogP contribution in [0.3, 0.4) is 0 Å². The first-order valence-electron chi connectivity index (χ1n) is 7.40. The van der Waals surface area contributed by atoms with Crippen LogP contribution in [-0.4, -0.2) is 5.91 Å². The van der Waals surface area contributed by atoms with E-state index in [0.29, 0.717) is 22.0 Å². The number of nitriles is 2. The molecule has 0 fully saturated rings. The molecule has 0 saturated carbocycles. The maximum absolute atomic E-state index is 12.3. The second-order valence-electron chi connectivity index (χ2n) is 5.36. The lowest BCUT2D eigenvalue weighted by atomic mass is 10.1. The number of rotatable bonds is 4. The molecule has 0 radical (unpaired) electrons. The standard InChI is InChI=1S/C19H15ClN4O/c1-12-7-13(2)18(16(20)8-12)23-11-15(10-22)19(25)24-17-6-4-3-5-14(17)9-21/h3-8,11,23H,1-2H3,(H,24,25)/b15-11-. The largest absolute Gasteiger partial charge is 0.359 e. The number of carbonyl (C=O) groups is 1. The average molecular weight is 351 g/mol. The van der Waals surface area contributed by atoms with E-state index in [2.05, 4.69) is 10.6 Å². The van der Waals surface area contributed by atoms with E-state index >= 15 is 0 Å². The van der Waals surface area contributed by atoms with Gasteiger partial charge in [0, 0.05) is 6.20 Å². The Kier molecular flexibility index (Phi) is 5.79. The number of nitrogens with one attached hydrogen (secondary N) is 2. The van der Waals surface area contributed by atoms with Crippen molar-refractivity contribution in [1.82, 2.24) is 0 Å². The fourth-order valence-electron chi connectivity index (χ4n) is 2.27. The summed E-state index contributed by atoms with van der Waals surface area (Å²) in [4.78, 5) is 12.3. The molecule has 0 bridgehead atoms. The number of hydrogen-bond donors (Lipinski definition) is 2. The SMILES string of the molecule is Cc1cc(C)c(N/C=C(/C#N)C(=O)Nc2ccccc2C#N)c(Cl)c1. The minimum absolute atomic E-state index is 0.135. The first kappa shape index (κ1) is 18.1. The van der Waals surface area contributed by atoms with Crippen molar-refractivity contribution in [3.05, 3.63) is 69.9 Å². The van der Waals surface area contributed by atoms with E-state index in [1.807, 2.05) is 32.1 Å². The van der Waals surface area contributed by atoms with E-state index in [0.717, 1.165) is 11.1 Å². The lowest BCUT2D eigenvalue weighted by Crippen LogP contribution is -2.15. The monoisotopic (exact) mass is 350 g/mol. The van der Waals surface area contributed by atoms with Gasteiger partial charge in [-0.1, -0.05) is 29.8 Å². The lowest BCUT2D eigenvalue weighted by molar-refractivity contribution is -0.112. The first-order chi connectivity index (χ1) is 12.0. The highest BCUT2D eigenvalue weighted by Gasteiger charge is 2.12. The normalized spacial score (nSPS) is 10.5. The number of amides is 1. The molecule has 0 atom stereocenters. The lowest BCUT2D eigenvalue weighted by Gasteiger charge is -2.10. The molecule has 124 valence electrons. The van der Waals surface area contributed by atoms with Crippen LogP contribution in [0.1, 0.15) is 16.7 Å². The summed E-state index contributed by atoms with van der Waals surface area (Å²) in [6, 6.07) is 14.1. The van der Waals surface area contributed by atoms with Crippen molar-refractivity contribution in [2.45, 2.75) is 13.8 Å². The van der Waals surface area contributed by atoms with Gasteiger partial charge in [-0.25, -0.2) is 0 Å². The van der Waals surface area contributed by atoms with Gasteiger partial charge in [0.2, 0.25) is 0 Å². The van der Waals surface area contributed by atoms with Gasteiger partial charge in [-0.15, -0.1) is 0 Å². The summed E-state index contributed by atoms with van der Waals surface area (Å²) in [6.45, 7) is 3.81. The summed E-state index contributed by atoms with van der Waals surface area (Å²) < 4.78 is 0. The Morgan fingerprint density at radius 2 is 1.92 bits per heavy atom. The van der Waals surface area contributed by atoms with Crippen LogP contribution in [-0.2, 0) is 4.79 Å². The molecule has 0 spiro atoms. The smallest absolute Gasteiger partial charge is 0.267 e. The molecule has 0 heterocycles. The third kappa shape index (κ3) is 4.38. The zero-order valence-corrected chi connectivity index (χ0v) is 14.5. The highest BCUT2D eigenvalue weighted by atomic mass is 35.5. The van der Waals surface area contributed by atoms with Crippen molar-refractivity contribution in [1.29, 1.82) is 10.5 Å². The molecule has 5 nitrogen and oxygen atoms in total. The van der Waals surface area contributed by atoms with E-state index in [1.165, 1.54) is 6.20 Å². The number of aryl methyl sites for hydroxylation is 2. The molecule has 0 aliphatic rings. The van der Waals surface area contributed by atoms with Crippen molar-refractivity contribution in [2.24, 2.45) is 0 Å². The van der Waals surface area contributed by atoms with Crippen LogP contribution in [0.2, 0.25) is 5.02 Å². The second-order valence-corrected chi connectivity index (χ2v) is 5.77.